The SMILES string of the molecule is CCOc1cc(N=NC(C(C)=O)C(=O)Nc2ccc(OC)c(Cl)c2OC)cc(OCC)c1. The van der Waals surface area contributed by atoms with Crippen LogP contribution in [0, 0.1) is 0 Å². The summed E-state index contributed by atoms with van der Waals surface area (Å²) in [6.07, 6.45) is 0. The molecule has 172 valence electrons. The van der Waals surface area contributed by atoms with E-state index in [4.69, 9.17) is 30.5 Å². The number of Topliss-reactive ketones (excluding diaryl/α,β-unsaturated/α-hetero) is 1. The maximum Gasteiger partial charge on any atom is 0.258 e. The molecule has 32 heavy (non-hydrogen) atoms. The fourth-order valence-corrected chi connectivity index (χ4v) is 3.07. The van der Waals surface area contributed by atoms with Crippen LogP contribution in [0.3, 0.4) is 0 Å². The number of halogens is 1. The summed E-state index contributed by atoms with van der Waals surface area (Å²) in [6.45, 7) is 5.87. The van der Waals surface area contributed by atoms with Crippen molar-refractivity contribution in [3.05, 3.63) is 35.4 Å². The van der Waals surface area contributed by atoms with Gasteiger partial charge in [-0.2, -0.15) is 10.2 Å². The molecule has 0 fully saturated rings. The van der Waals surface area contributed by atoms with Crippen molar-refractivity contribution in [1.82, 2.24) is 0 Å². The molecule has 2 rings (SSSR count). The summed E-state index contributed by atoms with van der Waals surface area (Å²) in [7, 11) is 2.86. The van der Waals surface area contributed by atoms with E-state index in [1.807, 2.05) is 13.8 Å². The van der Waals surface area contributed by atoms with Crippen molar-refractivity contribution >= 4 is 34.7 Å². The third-order valence-electron chi connectivity index (χ3n) is 4.15. The van der Waals surface area contributed by atoms with Crippen LogP contribution in [0.2, 0.25) is 5.02 Å². The number of anilines is 1. The van der Waals surface area contributed by atoms with Crippen molar-refractivity contribution in [3.63, 3.8) is 0 Å². The third kappa shape index (κ3) is 6.34. The monoisotopic (exact) mass is 463 g/mol. The molecule has 0 aliphatic heterocycles. The summed E-state index contributed by atoms with van der Waals surface area (Å²) in [5.41, 5.74) is 0.644. The molecule has 2 aromatic carbocycles. The first-order valence-electron chi connectivity index (χ1n) is 9.87. The lowest BCUT2D eigenvalue weighted by atomic mass is 10.2. The number of hydrogen-bond donors (Lipinski definition) is 1. The second-order valence-corrected chi connectivity index (χ2v) is 6.79. The van der Waals surface area contributed by atoms with E-state index in [0.29, 0.717) is 36.1 Å². The topological polar surface area (TPSA) is 108 Å². The predicted molar refractivity (Wildman–Crippen MR) is 121 cm³/mol. The number of azo groups is 1. The molecule has 0 saturated heterocycles. The number of methoxy groups -OCH3 is 2. The molecule has 1 N–H and O–H groups in total. The Kier molecular flexibility index (Phi) is 9.27. The van der Waals surface area contributed by atoms with E-state index in [1.165, 1.54) is 21.1 Å². The first kappa shape index (κ1) is 24.9. The summed E-state index contributed by atoms with van der Waals surface area (Å²) in [5, 5.41) is 10.8. The van der Waals surface area contributed by atoms with Gasteiger partial charge in [0.05, 0.1) is 38.8 Å². The maximum atomic E-state index is 12.8. The molecule has 0 aliphatic rings. The van der Waals surface area contributed by atoms with E-state index in [0.717, 1.165) is 0 Å². The minimum atomic E-state index is -1.38. The van der Waals surface area contributed by atoms with Gasteiger partial charge in [-0.25, -0.2) is 0 Å². The van der Waals surface area contributed by atoms with Crippen molar-refractivity contribution in [2.75, 3.05) is 32.8 Å². The zero-order chi connectivity index (χ0) is 23.7. The average Bonchev–Trinajstić information content (AvgIpc) is 2.74. The molecule has 1 amide bonds. The lowest BCUT2D eigenvalue weighted by Gasteiger charge is -2.15. The van der Waals surface area contributed by atoms with E-state index in [1.54, 1.807) is 30.3 Å². The molecule has 10 heteroatoms. The van der Waals surface area contributed by atoms with Crippen LogP contribution in [0.1, 0.15) is 20.8 Å². The molecule has 1 unspecified atom stereocenters. The normalized spacial score (nSPS) is 11.7. The molecule has 0 aliphatic carbocycles. The van der Waals surface area contributed by atoms with Crippen LogP contribution in [0.25, 0.3) is 0 Å². The Hall–Kier alpha value is -3.33. The molecule has 0 heterocycles. The lowest BCUT2D eigenvalue weighted by molar-refractivity contribution is -0.126. The van der Waals surface area contributed by atoms with Gasteiger partial charge >= 0.3 is 0 Å². The summed E-state index contributed by atoms with van der Waals surface area (Å²) >= 11 is 6.23. The van der Waals surface area contributed by atoms with E-state index < -0.39 is 17.7 Å². The largest absolute Gasteiger partial charge is 0.495 e. The zero-order valence-electron chi connectivity index (χ0n) is 18.6. The third-order valence-corrected chi connectivity index (χ3v) is 4.51. The Labute approximate surface area is 191 Å². The molecular formula is C22H26ClN3O6. The number of nitrogens with one attached hydrogen (secondary N) is 1. The van der Waals surface area contributed by atoms with Gasteiger partial charge in [0.1, 0.15) is 22.3 Å². The molecule has 0 radical (unpaired) electrons. The number of ether oxygens (including phenoxy) is 4. The van der Waals surface area contributed by atoms with Gasteiger partial charge in [-0.15, -0.1) is 0 Å². The summed E-state index contributed by atoms with van der Waals surface area (Å²) in [6, 6.07) is 6.73. The van der Waals surface area contributed by atoms with Gasteiger partial charge in [0.15, 0.2) is 11.5 Å². The minimum Gasteiger partial charge on any atom is -0.495 e. The molecule has 0 saturated carbocycles. The fraction of sp³-hybridized carbons (Fsp3) is 0.364. The van der Waals surface area contributed by atoms with Crippen molar-refractivity contribution in [2.45, 2.75) is 26.8 Å². The molecule has 2 aromatic rings. The first-order valence-corrected chi connectivity index (χ1v) is 10.3. The van der Waals surface area contributed by atoms with Gasteiger partial charge in [-0.05, 0) is 32.9 Å². The highest BCUT2D eigenvalue weighted by Gasteiger charge is 2.25. The lowest BCUT2D eigenvalue weighted by Crippen LogP contribution is -2.32. The van der Waals surface area contributed by atoms with Crippen LogP contribution in [-0.4, -0.2) is 45.2 Å². The van der Waals surface area contributed by atoms with Crippen molar-refractivity contribution < 1.29 is 28.5 Å². The number of rotatable bonds is 11. The molecule has 0 bridgehead atoms. The number of carbonyl (C=O) groups excluding carboxylic acids is 2. The summed E-state index contributed by atoms with van der Waals surface area (Å²) < 4.78 is 21.4. The molecule has 9 nitrogen and oxygen atoms in total. The summed E-state index contributed by atoms with van der Waals surface area (Å²) in [4.78, 5) is 24.9. The van der Waals surface area contributed by atoms with Crippen LogP contribution in [0.15, 0.2) is 40.6 Å². The van der Waals surface area contributed by atoms with Gasteiger partial charge < -0.3 is 24.3 Å². The van der Waals surface area contributed by atoms with Crippen LogP contribution in [-0.2, 0) is 9.59 Å². The highest BCUT2D eigenvalue weighted by molar-refractivity contribution is 6.34. The van der Waals surface area contributed by atoms with E-state index in [2.05, 4.69) is 15.5 Å². The van der Waals surface area contributed by atoms with Gasteiger partial charge in [-0.3, -0.25) is 9.59 Å². The van der Waals surface area contributed by atoms with E-state index >= 15 is 0 Å². The van der Waals surface area contributed by atoms with E-state index in [-0.39, 0.29) is 16.5 Å². The quantitative estimate of drug-likeness (QED) is 0.377. The number of carbonyl (C=O) groups is 2. The zero-order valence-corrected chi connectivity index (χ0v) is 19.4. The number of nitrogens with zero attached hydrogens (tertiary/aromatic N) is 2. The Morgan fingerprint density at radius 1 is 1.03 bits per heavy atom. The van der Waals surface area contributed by atoms with Crippen LogP contribution >= 0.6 is 11.6 Å². The van der Waals surface area contributed by atoms with Crippen LogP contribution in [0.5, 0.6) is 23.0 Å². The second-order valence-electron chi connectivity index (χ2n) is 6.41. The predicted octanol–water partition coefficient (Wildman–Crippen LogP) is 4.83. The van der Waals surface area contributed by atoms with Gasteiger partial charge in [0.2, 0.25) is 6.04 Å². The average molecular weight is 464 g/mol. The standard InChI is InChI=1S/C22H26ClN3O6/c1-6-31-15-10-14(11-16(12-15)32-7-2)25-26-20(13(3)27)22(28)24-17-8-9-18(29-4)19(23)21(17)30-5/h8-12,20H,6-7H2,1-5H3,(H,24,28). The number of hydrogen-bond acceptors (Lipinski definition) is 8. The number of benzene rings is 2. The molecular weight excluding hydrogens is 438 g/mol. The Morgan fingerprint density at radius 3 is 2.16 bits per heavy atom. The molecule has 0 aromatic heterocycles. The Morgan fingerprint density at radius 2 is 1.66 bits per heavy atom. The minimum absolute atomic E-state index is 0.185. The van der Waals surface area contributed by atoms with Crippen molar-refractivity contribution in [1.29, 1.82) is 0 Å². The number of amides is 1. The Bertz CT molecular complexity index is 972. The van der Waals surface area contributed by atoms with Crippen molar-refractivity contribution in [3.8, 4) is 23.0 Å². The first-order chi connectivity index (χ1) is 15.3. The van der Waals surface area contributed by atoms with Gasteiger partial charge in [-0.1, -0.05) is 11.6 Å². The Balaban J connectivity index is 2.30. The molecule has 1 atom stereocenters. The van der Waals surface area contributed by atoms with Crippen LogP contribution in [0.4, 0.5) is 11.4 Å². The smallest absolute Gasteiger partial charge is 0.258 e. The van der Waals surface area contributed by atoms with Gasteiger partial charge in [0, 0.05) is 18.2 Å². The second kappa shape index (κ2) is 11.9. The highest BCUT2D eigenvalue weighted by atomic mass is 35.5. The fourth-order valence-electron chi connectivity index (χ4n) is 2.75. The summed E-state index contributed by atoms with van der Waals surface area (Å²) in [5.74, 6) is 0.471. The molecule has 0 spiro atoms. The van der Waals surface area contributed by atoms with E-state index in [9.17, 15) is 9.59 Å². The van der Waals surface area contributed by atoms with Gasteiger partial charge in [0.25, 0.3) is 5.91 Å². The maximum absolute atomic E-state index is 12.8. The van der Waals surface area contributed by atoms with Crippen molar-refractivity contribution in [2.24, 2.45) is 10.2 Å². The number of ketones is 1. The van der Waals surface area contributed by atoms with Crippen LogP contribution < -0.4 is 24.3 Å². The highest BCUT2D eigenvalue weighted by Crippen LogP contribution is 2.40.